The highest BCUT2D eigenvalue weighted by atomic mass is 16.3. The first-order valence-corrected chi connectivity index (χ1v) is 9.61. The first kappa shape index (κ1) is 15.0. The summed E-state index contributed by atoms with van der Waals surface area (Å²) in [7, 11) is 0. The third-order valence-electron chi connectivity index (χ3n) is 8.16. The van der Waals surface area contributed by atoms with Gasteiger partial charge in [-0.05, 0) is 80.0 Å². The molecule has 0 heterocycles. The van der Waals surface area contributed by atoms with E-state index in [1.54, 1.807) is 11.1 Å². The van der Waals surface area contributed by atoms with Crippen LogP contribution in [-0.2, 0) is 0 Å². The van der Waals surface area contributed by atoms with Crippen molar-refractivity contribution in [3.05, 3.63) is 23.3 Å². The van der Waals surface area contributed by atoms with Crippen LogP contribution in [0.1, 0.15) is 71.6 Å². The predicted molar refractivity (Wildman–Crippen MR) is 91.5 cm³/mol. The highest BCUT2D eigenvalue weighted by Gasteiger charge is 2.55. The topological polar surface area (TPSA) is 20.2 Å². The van der Waals surface area contributed by atoms with E-state index in [4.69, 9.17) is 0 Å². The van der Waals surface area contributed by atoms with Gasteiger partial charge in [0.25, 0.3) is 0 Å². The van der Waals surface area contributed by atoms with E-state index in [9.17, 15) is 5.11 Å². The standard InChI is InChI=1S/C21H32O/c1-20-12-4-3-5-15(20)6-8-17-18-9-7-16(11-14-22)21(18,2)13-10-19(17)20/h6,8,16,18-19,22H,3-5,7,9-14H2,1-2H3/t16-,18-,19-,20-,21+/m0/s1. The number of hydrogen-bond acceptors (Lipinski definition) is 1. The van der Waals surface area contributed by atoms with Gasteiger partial charge < -0.3 is 5.11 Å². The molecule has 22 heavy (non-hydrogen) atoms. The molecule has 0 spiro atoms. The molecule has 4 aliphatic rings. The summed E-state index contributed by atoms with van der Waals surface area (Å²) >= 11 is 0. The Morgan fingerprint density at radius 3 is 2.73 bits per heavy atom. The Balaban J connectivity index is 1.69. The molecule has 0 saturated heterocycles. The fourth-order valence-corrected chi connectivity index (χ4v) is 6.77. The van der Waals surface area contributed by atoms with Crippen LogP contribution >= 0.6 is 0 Å². The molecule has 122 valence electrons. The first-order valence-electron chi connectivity index (χ1n) is 9.61. The maximum Gasteiger partial charge on any atom is 0.0433 e. The molecule has 0 radical (unpaired) electrons. The Labute approximate surface area is 135 Å². The van der Waals surface area contributed by atoms with Crippen molar-refractivity contribution in [3.8, 4) is 0 Å². The van der Waals surface area contributed by atoms with E-state index in [-0.39, 0.29) is 0 Å². The summed E-state index contributed by atoms with van der Waals surface area (Å²) in [6.45, 7) is 5.47. The molecule has 1 heteroatoms. The smallest absolute Gasteiger partial charge is 0.0433 e. The maximum atomic E-state index is 9.44. The summed E-state index contributed by atoms with van der Waals surface area (Å²) in [6, 6.07) is 0. The maximum absolute atomic E-state index is 9.44. The van der Waals surface area contributed by atoms with Crippen LogP contribution in [0.3, 0.4) is 0 Å². The van der Waals surface area contributed by atoms with Crippen LogP contribution in [0.4, 0.5) is 0 Å². The fraction of sp³-hybridized carbons (Fsp3) is 0.810. The zero-order valence-corrected chi connectivity index (χ0v) is 14.4. The van der Waals surface area contributed by atoms with Crippen molar-refractivity contribution >= 4 is 0 Å². The molecule has 0 aromatic carbocycles. The molecule has 0 amide bonds. The van der Waals surface area contributed by atoms with Gasteiger partial charge >= 0.3 is 0 Å². The monoisotopic (exact) mass is 300 g/mol. The lowest BCUT2D eigenvalue weighted by molar-refractivity contribution is 0.0597. The Morgan fingerprint density at radius 2 is 1.91 bits per heavy atom. The van der Waals surface area contributed by atoms with Gasteiger partial charge in [-0.3, -0.25) is 0 Å². The minimum absolute atomic E-state index is 0.372. The summed E-state index contributed by atoms with van der Waals surface area (Å²) in [5.74, 6) is 2.35. The molecule has 1 N–H and O–H groups in total. The molecule has 0 aromatic rings. The summed E-state index contributed by atoms with van der Waals surface area (Å²) in [5.41, 5.74) is 4.48. The number of aliphatic hydroxyl groups excluding tert-OH is 1. The van der Waals surface area contributed by atoms with E-state index in [1.165, 1.54) is 51.4 Å². The molecule has 0 aliphatic heterocycles. The van der Waals surface area contributed by atoms with Gasteiger partial charge in [-0.1, -0.05) is 43.6 Å². The van der Waals surface area contributed by atoms with Crippen molar-refractivity contribution in [1.82, 2.24) is 0 Å². The Hall–Kier alpha value is -0.560. The zero-order chi connectivity index (χ0) is 15.4. The second-order valence-corrected chi connectivity index (χ2v) is 8.92. The van der Waals surface area contributed by atoms with Gasteiger partial charge in [0.15, 0.2) is 0 Å². The molecule has 1 nitrogen and oxygen atoms in total. The zero-order valence-electron chi connectivity index (χ0n) is 14.4. The summed E-state index contributed by atoms with van der Waals surface area (Å²) in [4.78, 5) is 0. The van der Waals surface area contributed by atoms with Gasteiger partial charge in [-0.15, -0.1) is 0 Å². The van der Waals surface area contributed by atoms with Crippen molar-refractivity contribution in [1.29, 1.82) is 0 Å². The highest BCUT2D eigenvalue weighted by Crippen LogP contribution is 2.65. The first-order chi connectivity index (χ1) is 10.6. The largest absolute Gasteiger partial charge is 0.396 e. The van der Waals surface area contributed by atoms with Gasteiger partial charge in [0.1, 0.15) is 0 Å². The number of aliphatic hydroxyl groups is 1. The van der Waals surface area contributed by atoms with E-state index in [0.29, 0.717) is 17.4 Å². The molecule has 0 bridgehead atoms. The van der Waals surface area contributed by atoms with Crippen LogP contribution in [0.25, 0.3) is 0 Å². The Morgan fingerprint density at radius 1 is 1.05 bits per heavy atom. The van der Waals surface area contributed by atoms with Crippen molar-refractivity contribution in [2.75, 3.05) is 6.61 Å². The lowest BCUT2D eigenvalue weighted by Crippen LogP contribution is -2.44. The quantitative estimate of drug-likeness (QED) is 0.737. The number of hydrogen-bond donors (Lipinski definition) is 1. The molecule has 3 fully saturated rings. The summed E-state index contributed by atoms with van der Waals surface area (Å²) in [5, 5.41) is 9.44. The van der Waals surface area contributed by atoms with Crippen molar-refractivity contribution in [3.63, 3.8) is 0 Å². The van der Waals surface area contributed by atoms with Gasteiger partial charge in [-0.25, -0.2) is 0 Å². The molecule has 3 saturated carbocycles. The van der Waals surface area contributed by atoms with Gasteiger partial charge in [-0.2, -0.15) is 0 Å². The molecule has 0 aromatic heterocycles. The predicted octanol–water partition coefficient (Wildman–Crippen LogP) is 5.26. The van der Waals surface area contributed by atoms with Crippen LogP contribution in [0.5, 0.6) is 0 Å². The average molecular weight is 300 g/mol. The lowest BCUT2D eigenvalue weighted by atomic mass is 9.50. The molecule has 0 unspecified atom stereocenters. The third kappa shape index (κ3) is 1.94. The second kappa shape index (κ2) is 5.23. The Bertz CT molecular complexity index is 516. The van der Waals surface area contributed by atoms with Gasteiger partial charge in [0.2, 0.25) is 0 Å². The van der Waals surface area contributed by atoms with E-state index >= 15 is 0 Å². The summed E-state index contributed by atoms with van der Waals surface area (Å²) in [6.07, 6.45) is 17.1. The molecule has 4 aliphatic carbocycles. The SMILES string of the molecule is C[C@]12CC[C@H]3C(=CC=C4CCCC[C@@]43C)[C@@H]1CC[C@H]2CCO. The normalized spacial score (nSPS) is 47.1. The minimum Gasteiger partial charge on any atom is -0.396 e. The number of fused-ring (bicyclic) bond motifs is 5. The minimum atomic E-state index is 0.372. The van der Waals surface area contributed by atoms with Gasteiger partial charge in [0, 0.05) is 6.61 Å². The number of rotatable bonds is 2. The van der Waals surface area contributed by atoms with E-state index in [0.717, 1.165) is 24.2 Å². The average Bonchev–Trinajstić information content (AvgIpc) is 2.84. The van der Waals surface area contributed by atoms with Crippen LogP contribution in [0.15, 0.2) is 23.3 Å². The van der Waals surface area contributed by atoms with Gasteiger partial charge in [0.05, 0.1) is 0 Å². The van der Waals surface area contributed by atoms with Crippen molar-refractivity contribution in [2.24, 2.45) is 28.6 Å². The summed E-state index contributed by atoms with van der Waals surface area (Å²) < 4.78 is 0. The van der Waals surface area contributed by atoms with Crippen LogP contribution in [0, 0.1) is 28.6 Å². The van der Waals surface area contributed by atoms with Crippen LogP contribution in [0.2, 0.25) is 0 Å². The van der Waals surface area contributed by atoms with Crippen molar-refractivity contribution < 1.29 is 5.11 Å². The third-order valence-corrected chi connectivity index (χ3v) is 8.16. The van der Waals surface area contributed by atoms with E-state index in [1.807, 2.05) is 0 Å². The molecule has 4 rings (SSSR count). The van der Waals surface area contributed by atoms with Crippen LogP contribution in [-0.4, -0.2) is 11.7 Å². The number of allylic oxidation sites excluding steroid dienone is 4. The molecular weight excluding hydrogens is 268 g/mol. The van der Waals surface area contributed by atoms with E-state index < -0.39 is 0 Å². The van der Waals surface area contributed by atoms with Crippen molar-refractivity contribution in [2.45, 2.75) is 71.6 Å². The molecule has 5 atom stereocenters. The lowest BCUT2D eigenvalue weighted by Gasteiger charge is -2.54. The second-order valence-electron chi connectivity index (χ2n) is 8.92. The van der Waals surface area contributed by atoms with Crippen LogP contribution < -0.4 is 0 Å². The highest BCUT2D eigenvalue weighted by molar-refractivity contribution is 5.38. The van der Waals surface area contributed by atoms with E-state index in [2.05, 4.69) is 26.0 Å². The fourth-order valence-electron chi connectivity index (χ4n) is 6.77. The Kier molecular flexibility index (Phi) is 3.56. The molecular formula is C21H32O.